The van der Waals surface area contributed by atoms with Crippen molar-refractivity contribution in [2.24, 2.45) is 7.05 Å². The molecular formula is C10H18N2O. The summed E-state index contributed by atoms with van der Waals surface area (Å²) in [5.74, 6) is 1.21. The summed E-state index contributed by atoms with van der Waals surface area (Å²) in [4.78, 5) is 0. The largest absolute Gasteiger partial charge is 0.474 e. The van der Waals surface area contributed by atoms with Gasteiger partial charge in [0.2, 0.25) is 5.88 Å². The maximum Gasteiger partial charge on any atom is 0.233 e. The lowest BCUT2D eigenvalue weighted by Gasteiger charge is -2.04. The lowest BCUT2D eigenvalue weighted by molar-refractivity contribution is 0.230. The van der Waals surface area contributed by atoms with Gasteiger partial charge in [-0.05, 0) is 19.8 Å². The summed E-state index contributed by atoms with van der Waals surface area (Å²) in [7, 11) is 1.95. The molecule has 0 aromatic carbocycles. The minimum atomic E-state index is 0.190. The Kier molecular flexibility index (Phi) is 2.96. The zero-order valence-electron chi connectivity index (χ0n) is 9.03. The highest BCUT2D eigenvalue weighted by Gasteiger charge is 2.09. The van der Waals surface area contributed by atoms with Crippen LogP contribution in [0.1, 0.15) is 39.3 Å². The van der Waals surface area contributed by atoms with Gasteiger partial charge >= 0.3 is 0 Å². The first-order chi connectivity index (χ1) is 6.00. The van der Waals surface area contributed by atoms with Crippen molar-refractivity contribution < 1.29 is 4.74 Å². The molecule has 1 aromatic heterocycles. The predicted molar refractivity (Wildman–Crippen MR) is 53.1 cm³/mol. The number of aryl methyl sites for hydroxylation is 1. The molecule has 1 rings (SSSR count). The number of nitrogens with zero attached hydrogens (tertiary/aromatic N) is 2. The van der Waals surface area contributed by atoms with E-state index in [2.05, 4.69) is 18.9 Å². The summed E-state index contributed by atoms with van der Waals surface area (Å²) in [6.07, 6.45) is 0.190. The van der Waals surface area contributed by atoms with Gasteiger partial charge in [-0.2, -0.15) is 0 Å². The summed E-state index contributed by atoms with van der Waals surface area (Å²) in [5.41, 5.74) is 1.20. The maximum atomic E-state index is 5.49. The SMILES string of the molecule is CC(C)Oc1cc(C(C)C)n(C)n1. The van der Waals surface area contributed by atoms with Gasteiger partial charge in [-0.15, -0.1) is 5.10 Å². The third-order valence-electron chi connectivity index (χ3n) is 1.84. The Morgan fingerprint density at radius 1 is 1.31 bits per heavy atom. The molecule has 0 saturated heterocycles. The van der Waals surface area contributed by atoms with Gasteiger partial charge in [0.15, 0.2) is 0 Å². The molecule has 0 amide bonds. The highest BCUT2D eigenvalue weighted by Crippen LogP contribution is 2.19. The van der Waals surface area contributed by atoms with Crippen LogP contribution in [0.2, 0.25) is 0 Å². The minimum absolute atomic E-state index is 0.190. The van der Waals surface area contributed by atoms with E-state index >= 15 is 0 Å². The first-order valence-corrected chi connectivity index (χ1v) is 4.71. The lowest BCUT2D eigenvalue weighted by Crippen LogP contribution is -2.06. The second-order valence-corrected chi connectivity index (χ2v) is 3.85. The lowest BCUT2D eigenvalue weighted by atomic mass is 10.1. The van der Waals surface area contributed by atoms with Gasteiger partial charge in [-0.3, -0.25) is 4.68 Å². The molecule has 0 N–H and O–H groups in total. The van der Waals surface area contributed by atoms with E-state index in [1.165, 1.54) is 5.69 Å². The third-order valence-corrected chi connectivity index (χ3v) is 1.84. The molecule has 0 fully saturated rings. The zero-order chi connectivity index (χ0) is 10.0. The Balaban J connectivity index is 2.82. The molecular weight excluding hydrogens is 164 g/mol. The molecule has 0 unspecified atom stereocenters. The zero-order valence-corrected chi connectivity index (χ0v) is 9.03. The van der Waals surface area contributed by atoms with Gasteiger partial charge in [0.05, 0.1) is 6.10 Å². The van der Waals surface area contributed by atoms with Crippen LogP contribution in [0.4, 0.5) is 0 Å². The van der Waals surface area contributed by atoms with E-state index < -0.39 is 0 Å². The van der Waals surface area contributed by atoms with Crippen molar-refractivity contribution in [3.63, 3.8) is 0 Å². The molecule has 0 aliphatic rings. The van der Waals surface area contributed by atoms with Gasteiger partial charge in [0, 0.05) is 18.8 Å². The van der Waals surface area contributed by atoms with Crippen LogP contribution in [-0.2, 0) is 7.05 Å². The van der Waals surface area contributed by atoms with Crippen LogP contribution in [0.3, 0.4) is 0 Å². The van der Waals surface area contributed by atoms with Crippen molar-refractivity contribution in [2.75, 3.05) is 0 Å². The third kappa shape index (κ3) is 2.47. The van der Waals surface area contributed by atoms with Crippen molar-refractivity contribution >= 4 is 0 Å². The summed E-state index contributed by atoms with van der Waals surface area (Å²) >= 11 is 0. The maximum absolute atomic E-state index is 5.49. The summed E-state index contributed by atoms with van der Waals surface area (Å²) in [5, 5.41) is 4.27. The van der Waals surface area contributed by atoms with Gasteiger partial charge in [-0.25, -0.2) is 0 Å². The Hall–Kier alpha value is -0.990. The monoisotopic (exact) mass is 182 g/mol. The number of aromatic nitrogens is 2. The van der Waals surface area contributed by atoms with Gasteiger partial charge in [0.1, 0.15) is 0 Å². The predicted octanol–water partition coefficient (Wildman–Crippen LogP) is 2.33. The molecule has 0 spiro atoms. The van der Waals surface area contributed by atoms with E-state index in [1.807, 2.05) is 31.6 Å². The summed E-state index contributed by atoms with van der Waals surface area (Å²) in [6, 6.07) is 2.00. The van der Waals surface area contributed by atoms with Crippen molar-refractivity contribution in [2.45, 2.75) is 39.7 Å². The van der Waals surface area contributed by atoms with E-state index in [4.69, 9.17) is 4.74 Å². The summed E-state index contributed by atoms with van der Waals surface area (Å²) < 4.78 is 7.37. The van der Waals surface area contributed by atoms with Crippen LogP contribution in [-0.4, -0.2) is 15.9 Å². The highest BCUT2D eigenvalue weighted by molar-refractivity contribution is 5.18. The Bertz CT molecular complexity index is 276. The van der Waals surface area contributed by atoms with Crippen LogP contribution >= 0.6 is 0 Å². The number of rotatable bonds is 3. The smallest absolute Gasteiger partial charge is 0.233 e. The first-order valence-electron chi connectivity index (χ1n) is 4.71. The molecule has 3 nitrogen and oxygen atoms in total. The van der Waals surface area contributed by atoms with E-state index in [9.17, 15) is 0 Å². The molecule has 0 atom stereocenters. The van der Waals surface area contributed by atoms with Crippen molar-refractivity contribution in [3.05, 3.63) is 11.8 Å². The van der Waals surface area contributed by atoms with Crippen LogP contribution in [0, 0.1) is 0 Å². The molecule has 0 bridgehead atoms. The topological polar surface area (TPSA) is 27.1 Å². The van der Waals surface area contributed by atoms with E-state index in [0.29, 0.717) is 5.92 Å². The fourth-order valence-electron chi connectivity index (χ4n) is 1.29. The standard InChI is InChI=1S/C10H18N2O/c1-7(2)9-6-10(11-12(9)5)13-8(3)4/h6-8H,1-5H3. The number of hydrogen-bond donors (Lipinski definition) is 0. The molecule has 0 radical (unpaired) electrons. The van der Waals surface area contributed by atoms with Crippen molar-refractivity contribution in [3.8, 4) is 5.88 Å². The molecule has 1 aromatic rings. The van der Waals surface area contributed by atoms with Crippen molar-refractivity contribution in [1.82, 2.24) is 9.78 Å². The second-order valence-electron chi connectivity index (χ2n) is 3.85. The second kappa shape index (κ2) is 3.81. The molecule has 0 saturated carbocycles. The van der Waals surface area contributed by atoms with Crippen LogP contribution in [0.5, 0.6) is 5.88 Å². The van der Waals surface area contributed by atoms with Crippen LogP contribution in [0.15, 0.2) is 6.07 Å². The quantitative estimate of drug-likeness (QED) is 0.717. The minimum Gasteiger partial charge on any atom is -0.474 e. The highest BCUT2D eigenvalue weighted by atomic mass is 16.5. The number of ether oxygens (including phenoxy) is 1. The summed E-state index contributed by atoms with van der Waals surface area (Å²) in [6.45, 7) is 8.31. The van der Waals surface area contributed by atoms with Crippen LogP contribution in [0.25, 0.3) is 0 Å². The molecule has 3 heteroatoms. The average molecular weight is 182 g/mol. The average Bonchev–Trinajstić information content (AvgIpc) is 2.29. The molecule has 1 heterocycles. The fraction of sp³-hybridized carbons (Fsp3) is 0.700. The molecule has 0 aliphatic heterocycles. The Morgan fingerprint density at radius 3 is 2.31 bits per heavy atom. The Labute approximate surface area is 79.7 Å². The molecule has 74 valence electrons. The Morgan fingerprint density at radius 2 is 1.92 bits per heavy atom. The van der Waals surface area contributed by atoms with Gasteiger partial charge in [0.25, 0.3) is 0 Å². The normalized spacial score (nSPS) is 11.3. The van der Waals surface area contributed by atoms with Crippen LogP contribution < -0.4 is 4.74 Å². The van der Waals surface area contributed by atoms with Gasteiger partial charge < -0.3 is 4.74 Å². The van der Waals surface area contributed by atoms with E-state index in [1.54, 1.807) is 0 Å². The molecule has 0 aliphatic carbocycles. The van der Waals surface area contributed by atoms with E-state index in [0.717, 1.165) is 5.88 Å². The number of hydrogen-bond acceptors (Lipinski definition) is 2. The molecule has 13 heavy (non-hydrogen) atoms. The fourth-order valence-corrected chi connectivity index (χ4v) is 1.29. The van der Waals surface area contributed by atoms with E-state index in [-0.39, 0.29) is 6.10 Å². The van der Waals surface area contributed by atoms with Crippen molar-refractivity contribution in [1.29, 1.82) is 0 Å². The van der Waals surface area contributed by atoms with Gasteiger partial charge in [-0.1, -0.05) is 13.8 Å². The first kappa shape index (κ1) is 10.1.